The molecule has 2 rings (SSSR count). The fraction of sp³-hybridized carbons (Fsp3) is 0.333. The largest absolute Gasteiger partial charge is 0.496 e. The number of ether oxygens (including phenoxy) is 1. The summed E-state index contributed by atoms with van der Waals surface area (Å²) >= 11 is 3.48. The molecule has 0 aliphatic rings. The van der Waals surface area contributed by atoms with Crippen LogP contribution in [0.2, 0.25) is 0 Å². The first-order valence-corrected chi connectivity index (χ1v) is 7.91. The van der Waals surface area contributed by atoms with Crippen molar-refractivity contribution in [3.05, 3.63) is 63.1 Å². The minimum Gasteiger partial charge on any atom is -0.496 e. The van der Waals surface area contributed by atoms with Gasteiger partial charge in [0.25, 0.3) is 0 Å². The normalized spacial score (nSPS) is 12.2. The van der Waals surface area contributed by atoms with Crippen LogP contribution in [0.15, 0.2) is 40.9 Å². The number of likely N-dealkylation sites (N-methyl/N-ethyl adjacent to an activating group) is 1. The van der Waals surface area contributed by atoms with Gasteiger partial charge in [-0.3, -0.25) is 0 Å². The molecule has 2 nitrogen and oxygen atoms in total. The number of halogens is 1. The van der Waals surface area contributed by atoms with Gasteiger partial charge in [0, 0.05) is 10.5 Å². The van der Waals surface area contributed by atoms with Crippen molar-refractivity contribution in [2.24, 2.45) is 0 Å². The Balaban J connectivity index is 2.29. The van der Waals surface area contributed by atoms with Gasteiger partial charge in [0.2, 0.25) is 0 Å². The standard InChI is InChI=1S/C18H22BrNO/c1-12-10-18(21-4)13(2)9-16(12)17(20-3)11-14-5-7-15(19)8-6-14/h5-10,17,20H,11H2,1-4H3. The minimum absolute atomic E-state index is 0.302. The molecule has 0 spiro atoms. The summed E-state index contributed by atoms with van der Waals surface area (Å²) in [6.07, 6.45) is 0.969. The van der Waals surface area contributed by atoms with Crippen molar-refractivity contribution in [1.29, 1.82) is 0 Å². The molecule has 2 aromatic carbocycles. The van der Waals surface area contributed by atoms with E-state index in [2.05, 4.69) is 71.5 Å². The Bertz CT molecular complexity index is 607. The van der Waals surface area contributed by atoms with Gasteiger partial charge in [0.05, 0.1) is 7.11 Å². The summed E-state index contributed by atoms with van der Waals surface area (Å²) in [7, 11) is 3.74. The molecule has 0 bridgehead atoms. The number of rotatable bonds is 5. The van der Waals surface area contributed by atoms with Crippen molar-refractivity contribution in [3.63, 3.8) is 0 Å². The quantitative estimate of drug-likeness (QED) is 0.854. The molecule has 1 atom stereocenters. The summed E-state index contributed by atoms with van der Waals surface area (Å²) in [5.41, 5.74) is 5.09. The van der Waals surface area contributed by atoms with Gasteiger partial charge in [0.15, 0.2) is 0 Å². The van der Waals surface area contributed by atoms with Crippen LogP contribution in [0.25, 0.3) is 0 Å². The highest BCUT2D eigenvalue weighted by Gasteiger charge is 2.14. The highest BCUT2D eigenvalue weighted by Crippen LogP contribution is 2.28. The highest BCUT2D eigenvalue weighted by molar-refractivity contribution is 9.10. The van der Waals surface area contributed by atoms with E-state index in [1.54, 1.807) is 7.11 Å². The Labute approximate surface area is 135 Å². The lowest BCUT2D eigenvalue weighted by Gasteiger charge is -2.21. The fourth-order valence-corrected chi connectivity index (χ4v) is 2.90. The zero-order chi connectivity index (χ0) is 15.4. The van der Waals surface area contributed by atoms with Crippen molar-refractivity contribution in [1.82, 2.24) is 5.32 Å². The Morgan fingerprint density at radius 3 is 2.33 bits per heavy atom. The summed E-state index contributed by atoms with van der Waals surface area (Å²) in [5, 5.41) is 3.43. The minimum atomic E-state index is 0.302. The molecule has 3 heteroatoms. The molecule has 0 amide bonds. The fourth-order valence-electron chi connectivity index (χ4n) is 2.63. The third-order valence-corrected chi connectivity index (χ3v) is 4.39. The van der Waals surface area contributed by atoms with Crippen LogP contribution in [0.5, 0.6) is 5.75 Å². The summed E-state index contributed by atoms with van der Waals surface area (Å²) in [6, 6.07) is 13.2. The second-order valence-corrected chi connectivity index (χ2v) is 6.27. The van der Waals surface area contributed by atoms with Crippen molar-refractivity contribution in [3.8, 4) is 5.75 Å². The van der Waals surface area contributed by atoms with E-state index in [0.29, 0.717) is 6.04 Å². The van der Waals surface area contributed by atoms with Gasteiger partial charge >= 0.3 is 0 Å². The third kappa shape index (κ3) is 3.86. The molecule has 1 unspecified atom stereocenters. The predicted molar refractivity (Wildman–Crippen MR) is 92.1 cm³/mol. The average Bonchev–Trinajstić information content (AvgIpc) is 2.49. The van der Waals surface area contributed by atoms with Gasteiger partial charge in [-0.2, -0.15) is 0 Å². The number of nitrogens with one attached hydrogen (secondary N) is 1. The molecule has 0 aromatic heterocycles. The van der Waals surface area contributed by atoms with Crippen LogP contribution >= 0.6 is 15.9 Å². The zero-order valence-electron chi connectivity index (χ0n) is 13.0. The number of aryl methyl sites for hydroxylation is 2. The van der Waals surface area contributed by atoms with Gasteiger partial charge in [-0.05, 0) is 67.8 Å². The van der Waals surface area contributed by atoms with E-state index >= 15 is 0 Å². The summed E-state index contributed by atoms with van der Waals surface area (Å²) in [4.78, 5) is 0. The summed E-state index contributed by atoms with van der Waals surface area (Å²) in [5.74, 6) is 0.953. The van der Waals surface area contributed by atoms with Gasteiger partial charge < -0.3 is 10.1 Å². The second kappa shape index (κ2) is 7.10. The van der Waals surface area contributed by atoms with E-state index in [1.807, 2.05) is 7.05 Å². The molecule has 0 radical (unpaired) electrons. The van der Waals surface area contributed by atoms with Crippen molar-refractivity contribution in [2.45, 2.75) is 26.3 Å². The molecule has 1 N–H and O–H groups in total. The third-order valence-electron chi connectivity index (χ3n) is 3.86. The Kier molecular flexibility index (Phi) is 5.43. The molecule has 2 aromatic rings. The topological polar surface area (TPSA) is 21.3 Å². The van der Waals surface area contributed by atoms with Crippen LogP contribution in [0, 0.1) is 13.8 Å². The van der Waals surface area contributed by atoms with Gasteiger partial charge in [-0.25, -0.2) is 0 Å². The van der Waals surface area contributed by atoms with E-state index in [9.17, 15) is 0 Å². The van der Waals surface area contributed by atoms with Gasteiger partial charge in [-0.1, -0.05) is 34.1 Å². The molecule has 112 valence electrons. The van der Waals surface area contributed by atoms with Crippen molar-refractivity contribution >= 4 is 15.9 Å². The molecule has 0 fully saturated rings. The SMILES string of the molecule is CNC(Cc1ccc(Br)cc1)c1cc(C)c(OC)cc1C. The van der Waals surface area contributed by atoms with Crippen molar-refractivity contribution < 1.29 is 4.74 Å². The van der Waals surface area contributed by atoms with E-state index < -0.39 is 0 Å². The van der Waals surface area contributed by atoms with E-state index in [1.165, 1.54) is 22.3 Å². The highest BCUT2D eigenvalue weighted by atomic mass is 79.9. The van der Waals surface area contributed by atoms with Crippen LogP contribution in [-0.4, -0.2) is 14.2 Å². The van der Waals surface area contributed by atoms with Crippen LogP contribution in [0.3, 0.4) is 0 Å². The molecular weight excluding hydrogens is 326 g/mol. The summed E-state index contributed by atoms with van der Waals surface area (Å²) < 4.78 is 6.51. The first kappa shape index (κ1) is 16.1. The maximum absolute atomic E-state index is 5.40. The first-order valence-electron chi connectivity index (χ1n) is 7.12. The van der Waals surface area contributed by atoms with E-state index in [-0.39, 0.29) is 0 Å². The number of benzene rings is 2. The zero-order valence-corrected chi connectivity index (χ0v) is 14.6. The molecule has 21 heavy (non-hydrogen) atoms. The molecule has 0 aliphatic carbocycles. The molecule has 0 saturated carbocycles. The summed E-state index contributed by atoms with van der Waals surface area (Å²) in [6.45, 7) is 4.23. The first-order chi connectivity index (χ1) is 10.0. The van der Waals surface area contributed by atoms with Crippen LogP contribution in [0.1, 0.15) is 28.3 Å². The lowest BCUT2D eigenvalue weighted by Crippen LogP contribution is -2.20. The Morgan fingerprint density at radius 1 is 1.10 bits per heavy atom. The lowest BCUT2D eigenvalue weighted by molar-refractivity contribution is 0.410. The molecule has 0 saturated heterocycles. The Hall–Kier alpha value is -1.32. The smallest absolute Gasteiger partial charge is 0.122 e. The van der Waals surface area contributed by atoms with Crippen molar-refractivity contribution in [2.75, 3.05) is 14.2 Å². The monoisotopic (exact) mass is 347 g/mol. The van der Waals surface area contributed by atoms with Crippen LogP contribution < -0.4 is 10.1 Å². The predicted octanol–water partition coefficient (Wildman–Crippen LogP) is 4.58. The number of methoxy groups -OCH3 is 1. The molecule has 0 aliphatic heterocycles. The second-order valence-electron chi connectivity index (χ2n) is 5.35. The average molecular weight is 348 g/mol. The number of hydrogen-bond acceptors (Lipinski definition) is 2. The van der Waals surface area contributed by atoms with Crippen LogP contribution in [-0.2, 0) is 6.42 Å². The van der Waals surface area contributed by atoms with E-state index in [0.717, 1.165) is 16.6 Å². The maximum atomic E-state index is 5.40. The van der Waals surface area contributed by atoms with E-state index in [4.69, 9.17) is 4.74 Å². The lowest BCUT2D eigenvalue weighted by atomic mass is 9.93. The molecule has 0 heterocycles. The van der Waals surface area contributed by atoms with Crippen LogP contribution in [0.4, 0.5) is 0 Å². The number of hydrogen-bond donors (Lipinski definition) is 1. The maximum Gasteiger partial charge on any atom is 0.122 e. The molecular formula is C18H22BrNO. The van der Waals surface area contributed by atoms with Gasteiger partial charge in [-0.15, -0.1) is 0 Å². The Morgan fingerprint density at radius 2 is 1.76 bits per heavy atom. The van der Waals surface area contributed by atoms with Gasteiger partial charge in [0.1, 0.15) is 5.75 Å².